The average Bonchev–Trinajstić information content (AvgIpc) is 2.41. The van der Waals surface area contributed by atoms with Gasteiger partial charge in [0.1, 0.15) is 0 Å². The summed E-state index contributed by atoms with van der Waals surface area (Å²) in [6.07, 6.45) is 0. The quantitative estimate of drug-likeness (QED) is 0.883. The van der Waals surface area contributed by atoms with Gasteiger partial charge in [0, 0.05) is 17.1 Å². The number of carbonyl (C=O) groups is 1. The summed E-state index contributed by atoms with van der Waals surface area (Å²) in [6.45, 7) is 0.427. The van der Waals surface area contributed by atoms with Crippen LogP contribution in [0.25, 0.3) is 0 Å². The minimum absolute atomic E-state index is 0.200. The monoisotopic (exact) mass is 313 g/mol. The van der Waals surface area contributed by atoms with Crippen LogP contribution in [-0.2, 0) is 6.54 Å². The molecule has 1 N–H and O–H groups in total. The summed E-state index contributed by atoms with van der Waals surface area (Å²) in [5.41, 5.74) is 1.45. The van der Waals surface area contributed by atoms with Crippen molar-refractivity contribution >= 4 is 40.7 Å². The molecule has 0 aliphatic rings. The summed E-state index contributed by atoms with van der Waals surface area (Å²) in [7, 11) is 0. The highest BCUT2D eigenvalue weighted by Crippen LogP contribution is 2.22. The van der Waals surface area contributed by atoms with Crippen molar-refractivity contribution in [2.45, 2.75) is 6.54 Å². The van der Waals surface area contributed by atoms with Crippen LogP contribution in [0.3, 0.4) is 0 Å². The van der Waals surface area contributed by atoms with E-state index in [0.717, 1.165) is 5.56 Å². The van der Waals surface area contributed by atoms with E-state index in [2.05, 4.69) is 5.32 Å². The van der Waals surface area contributed by atoms with Gasteiger partial charge in [0.25, 0.3) is 5.91 Å². The second-order valence-corrected chi connectivity index (χ2v) is 5.19. The normalized spacial score (nSPS) is 10.3. The zero-order chi connectivity index (χ0) is 13.8. The number of amides is 1. The highest BCUT2D eigenvalue weighted by molar-refractivity contribution is 6.42. The molecule has 0 aliphatic carbocycles. The summed E-state index contributed by atoms with van der Waals surface area (Å²) in [4.78, 5) is 11.9. The van der Waals surface area contributed by atoms with Crippen LogP contribution in [0.4, 0.5) is 0 Å². The number of carbonyl (C=O) groups excluding carboxylic acids is 1. The van der Waals surface area contributed by atoms with Crippen LogP contribution in [0, 0.1) is 0 Å². The number of hydrogen-bond donors (Lipinski definition) is 1. The van der Waals surface area contributed by atoms with Gasteiger partial charge in [-0.1, -0.05) is 46.9 Å². The topological polar surface area (TPSA) is 29.1 Å². The van der Waals surface area contributed by atoms with E-state index in [4.69, 9.17) is 34.8 Å². The Kier molecular flexibility index (Phi) is 4.70. The summed E-state index contributed by atoms with van der Waals surface area (Å²) in [5, 5.41) is 4.25. The predicted octanol–water partition coefficient (Wildman–Crippen LogP) is 4.58. The molecule has 2 nitrogen and oxygen atoms in total. The molecule has 0 saturated heterocycles. The molecule has 5 heteroatoms. The van der Waals surface area contributed by atoms with E-state index in [9.17, 15) is 4.79 Å². The second-order valence-electron chi connectivity index (χ2n) is 3.94. The SMILES string of the molecule is O=C(NCc1ccc(Cl)cc1)c1ccc(Cl)c(Cl)c1. The van der Waals surface area contributed by atoms with Crippen LogP contribution in [0.1, 0.15) is 15.9 Å². The van der Waals surface area contributed by atoms with E-state index >= 15 is 0 Å². The molecule has 0 saturated carbocycles. The van der Waals surface area contributed by atoms with Gasteiger partial charge in [-0.2, -0.15) is 0 Å². The zero-order valence-corrected chi connectivity index (χ0v) is 12.1. The molecular formula is C14H10Cl3NO. The summed E-state index contributed by atoms with van der Waals surface area (Å²) >= 11 is 17.5. The molecule has 19 heavy (non-hydrogen) atoms. The standard InChI is InChI=1S/C14H10Cl3NO/c15-11-4-1-9(2-5-11)8-18-14(19)10-3-6-12(16)13(17)7-10/h1-7H,8H2,(H,18,19). The Morgan fingerprint density at radius 3 is 2.26 bits per heavy atom. The zero-order valence-electron chi connectivity index (χ0n) is 9.79. The van der Waals surface area contributed by atoms with E-state index in [0.29, 0.717) is 27.2 Å². The molecule has 2 aromatic carbocycles. The van der Waals surface area contributed by atoms with E-state index in [1.807, 2.05) is 12.1 Å². The van der Waals surface area contributed by atoms with Crippen molar-refractivity contribution in [3.63, 3.8) is 0 Å². The highest BCUT2D eigenvalue weighted by atomic mass is 35.5. The molecule has 0 bridgehead atoms. The molecule has 0 atom stereocenters. The third kappa shape index (κ3) is 3.87. The molecule has 0 aliphatic heterocycles. The van der Waals surface area contributed by atoms with E-state index < -0.39 is 0 Å². The largest absolute Gasteiger partial charge is 0.348 e. The van der Waals surface area contributed by atoms with E-state index in [1.54, 1.807) is 30.3 Å². The van der Waals surface area contributed by atoms with Crippen LogP contribution in [-0.4, -0.2) is 5.91 Å². The maximum Gasteiger partial charge on any atom is 0.251 e. The molecule has 2 rings (SSSR count). The van der Waals surface area contributed by atoms with Gasteiger partial charge in [-0.25, -0.2) is 0 Å². The maximum atomic E-state index is 11.9. The lowest BCUT2D eigenvalue weighted by molar-refractivity contribution is 0.0951. The minimum Gasteiger partial charge on any atom is -0.348 e. The van der Waals surface area contributed by atoms with Gasteiger partial charge in [-0.05, 0) is 35.9 Å². The molecule has 98 valence electrons. The van der Waals surface area contributed by atoms with Crippen LogP contribution in [0.15, 0.2) is 42.5 Å². The molecule has 0 aromatic heterocycles. The third-order valence-corrected chi connectivity index (χ3v) is 3.54. The first-order valence-corrected chi connectivity index (χ1v) is 6.67. The number of halogens is 3. The fourth-order valence-corrected chi connectivity index (χ4v) is 1.95. The molecule has 2 aromatic rings. The van der Waals surface area contributed by atoms with Gasteiger partial charge < -0.3 is 5.32 Å². The van der Waals surface area contributed by atoms with Gasteiger partial charge >= 0.3 is 0 Å². The van der Waals surface area contributed by atoms with Crippen LogP contribution in [0.5, 0.6) is 0 Å². The Labute approximate surface area is 126 Å². The Morgan fingerprint density at radius 1 is 0.947 bits per heavy atom. The summed E-state index contributed by atoms with van der Waals surface area (Å²) < 4.78 is 0. The molecule has 0 radical (unpaired) electrons. The summed E-state index contributed by atoms with van der Waals surface area (Å²) in [6, 6.07) is 12.0. The van der Waals surface area contributed by atoms with Crippen LogP contribution < -0.4 is 5.32 Å². The van der Waals surface area contributed by atoms with Crippen molar-refractivity contribution in [1.82, 2.24) is 5.32 Å². The molecule has 0 fully saturated rings. The van der Waals surface area contributed by atoms with Crippen molar-refractivity contribution in [3.8, 4) is 0 Å². The Bertz CT molecular complexity index is 596. The molecule has 1 amide bonds. The van der Waals surface area contributed by atoms with Gasteiger partial charge in [0.15, 0.2) is 0 Å². The molecule has 0 spiro atoms. The molecule has 0 unspecified atom stereocenters. The lowest BCUT2D eigenvalue weighted by atomic mass is 10.2. The number of hydrogen-bond acceptors (Lipinski definition) is 1. The fourth-order valence-electron chi connectivity index (χ4n) is 1.52. The van der Waals surface area contributed by atoms with Gasteiger partial charge in [-0.15, -0.1) is 0 Å². The number of rotatable bonds is 3. The Balaban J connectivity index is 2.01. The first-order chi connectivity index (χ1) is 9.06. The van der Waals surface area contributed by atoms with Gasteiger partial charge in [0.2, 0.25) is 0 Å². The van der Waals surface area contributed by atoms with Crippen molar-refractivity contribution in [3.05, 3.63) is 68.7 Å². The summed E-state index contributed by atoms with van der Waals surface area (Å²) in [5.74, 6) is -0.200. The van der Waals surface area contributed by atoms with Crippen LogP contribution in [0.2, 0.25) is 15.1 Å². The first kappa shape index (κ1) is 14.2. The smallest absolute Gasteiger partial charge is 0.251 e. The van der Waals surface area contributed by atoms with Crippen molar-refractivity contribution < 1.29 is 4.79 Å². The van der Waals surface area contributed by atoms with Crippen molar-refractivity contribution in [2.75, 3.05) is 0 Å². The third-order valence-electron chi connectivity index (χ3n) is 2.55. The molecule has 0 heterocycles. The van der Waals surface area contributed by atoms with E-state index in [1.165, 1.54) is 0 Å². The lowest BCUT2D eigenvalue weighted by Crippen LogP contribution is -2.22. The molecular weight excluding hydrogens is 305 g/mol. The lowest BCUT2D eigenvalue weighted by Gasteiger charge is -2.06. The second kappa shape index (κ2) is 6.29. The van der Waals surface area contributed by atoms with Crippen molar-refractivity contribution in [1.29, 1.82) is 0 Å². The minimum atomic E-state index is -0.200. The number of benzene rings is 2. The first-order valence-electron chi connectivity index (χ1n) is 5.54. The van der Waals surface area contributed by atoms with E-state index in [-0.39, 0.29) is 5.91 Å². The number of nitrogens with one attached hydrogen (secondary N) is 1. The van der Waals surface area contributed by atoms with Gasteiger partial charge in [-0.3, -0.25) is 4.79 Å². The fraction of sp³-hybridized carbons (Fsp3) is 0.0714. The maximum absolute atomic E-state index is 11.9. The van der Waals surface area contributed by atoms with Crippen molar-refractivity contribution in [2.24, 2.45) is 0 Å². The predicted molar refractivity (Wildman–Crippen MR) is 79.1 cm³/mol. The highest BCUT2D eigenvalue weighted by Gasteiger charge is 2.07. The average molecular weight is 315 g/mol. The van der Waals surface area contributed by atoms with Crippen LogP contribution >= 0.6 is 34.8 Å². The van der Waals surface area contributed by atoms with Gasteiger partial charge in [0.05, 0.1) is 10.0 Å². The Hall–Kier alpha value is -1.22. The Morgan fingerprint density at radius 2 is 1.63 bits per heavy atom.